The van der Waals surface area contributed by atoms with Gasteiger partial charge in [0.15, 0.2) is 0 Å². The van der Waals surface area contributed by atoms with Crippen LogP contribution in [0.4, 0.5) is 8.78 Å². The fourth-order valence-electron chi connectivity index (χ4n) is 3.40. The van der Waals surface area contributed by atoms with Crippen molar-refractivity contribution < 1.29 is 28.2 Å². The molecule has 0 aliphatic carbocycles. The number of carboxylic acids is 1. The van der Waals surface area contributed by atoms with Crippen LogP contribution in [-0.2, 0) is 16.0 Å². The van der Waals surface area contributed by atoms with Crippen LogP contribution in [0.3, 0.4) is 0 Å². The minimum Gasteiger partial charge on any atom is -0.480 e. The van der Waals surface area contributed by atoms with Crippen LogP contribution in [0.25, 0.3) is 0 Å². The standard InChI is InChI=1S/C19H26F2N2O4/c1-2-22(13-18(25)26)15-9-11-23(12-10-15)17(24)8-5-14-3-6-16(7-4-14)27-19(20)21/h3-4,6-7,15,19H,2,5,8-13H2,1H3,(H,25,26). The van der Waals surface area contributed by atoms with Crippen LogP contribution < -0.4 is 4.74 Å². The molecule has 0 saturated carbocycles. The number of alkyl halides is 2. The zero-order valence-corrected chi connectivity index (χ0v) is 15.4. The van der Waals surface area contributed by atoms with Crippen molar-refractivity contribution >= 4 is 11.9 Å². The SMILES string of the molecule is CCN(CC(=O)O)C1CCN(C(=O)CCc2ccc(OC(F)F)cc2)CC1. The maximum atomic E-state index is 12.4. The van der Waals surface area contributed by atoms with E-state index in [-0.39, 0.29) is 24.2 Å². The van der Waals surface area contributed by atoms with Gasteiger partial charge in [-0.05, 0) is 43.5 Å². The molecule has 2 rings (SSSR count). The van der Waals surface area contributed by atoms with E-state index < -0.39 is 12.6 Å². The van der Waals surface area contributed by atoms with Crippen molar-refractivity contribution in [3.8, 4) is 5.75 Å². The number of aryl methyl sites for hydroxylation is 1. The van der Waals surface area contributed by atoms with Gasteiger partial charge in [-0.25, -0.2) is 0 Å². The lowest BCUT2D eigenvalue weighted by molar-refractivity contribution is -0.140. The number of hydrogen-bond acceptors (Lipinski definition) is 4. The van der Waals surface area contributed by atoms with Gasteiger partial charge < -0.3 is 14.7 Å². The predicted octanol–water partition coefficient (Wildman–Crippen LogP) is 2.62. The Bertz CT molecular complexity index is 617. The molecule has 0 aromatic heterocycles. The Labute approximate surface area is 157 Å². The van der Waals surface area contributed by atoms with Crippen molar-refractivity contribution in [3.05, 3.63) is 29.8 Å². The lowest BCUT2D eigenvalue weighted by atomic mass is 10.0. The number of nitrogens with zero attached hydrogens (tertiary/aromatic N) is 2. The molecule has 1 N–H and O–H groups in total. The summed E-state index contributed by atoms with van der Waals surface area (Å²) in [5.74, 6) is -0.674. The van der Waals surface area contributed by atoms with Crippen molar-refractivity contribution in [1.82, 2.24) is 9.80 Å². The van der Waals surface area contributed by atoms with Crippen molar-refractivity contribution in [2.45, 2.75) is 45.3 Å². The number of hydrogen-bond donors (Lipinski definition) is 1. The summed E-state index contributed by atoms with van der Waals surface area (Å²) in [7, 11) is 0. The number of likely N-dealkylation sites (tertiary alicyclic amines) is 1. The van der Waals surface area contributed by atoms with E-state index in [0.717, 1.165) is 18.4 Å². The van der Waals surface area contributed by atoms with Crippen molar-refractivity contribution in [1.29, 1.82) is 0 Å². The molecule has 6 nitrogen and oxygen atoms in total. The molecular weight excluding hydrogens is 358 g/mol. The van der Waals surface area contributed by atoms with E-state index in [1.165, 1.54) is 12.1 Å². The molecule has 0 atom stereocenters. The lowest BCUT2D eigenvalue weighted by Gasteiger charge is -2.37. The topological polar surface area (TPSA) is 70.1 Å². The highest BCUT2D eigenvalue weighted by Gasteiger charge is 2.26. The molecule has 1 amide bonds. The van der Waals surface area contributed by atoms with Gasteiger partial charge in [0.1, 0.15) is 5.75 Å². The zero-order chi connectivity index (χ0) is 19.8. The molecule has 1 aromatic carbocycles. The van der Waals surface area contributed by atoms with E-state index in [2.05, 4.69) is 4.74 Å². The first-order chi connectivity index (χ1) is 12.9. The molecule has 1 heterocycles. The number of amides is 1. The van der Waals surface area contributed by atoms with Crippen LogP contribution in [-0.4, -0.2) is 65.6 Å². The Morgan fingerprint density at radius 1 is 1.26 bits per heavy atom. The molecule has 1 aliphatic rings. The van der Waals surface area contributed by atoms with Crippen LogP contribution in [0.15, 0.2) is 24.3 Å². The Morgan fingerprint density at radius 3 is 2.41 bits per heavy atom. The van der Waals surface area contributed by atoms with Gasteiger partial charge in [-0.1, -0.05) is 19.1 Å². The summed E-state index contributed by atoms with van der Waals surface area (Å²) in [4.78, 5) is 27.1. The molecule has 0 radical (unpaired) electrons. The van der Waals surface area contributed by atoms with Crippen molar-refractivity contribution in [3.63, 3.8) is 0 Å². The molecule has 27 heavy (non-hydrogen) atoms. The largest absolute Gasteiger partial charge is 0.480 e. The number of piperidine rings is 1. The highest BCUT2D eigenvalue weighted by Crippen LogP contribution is 2.19. The molecule has 1 aliphatic heterocycles. The molecular formula is C19H26F2N2O4. The molecule has 1 saturated heterocycles. The first-order valence-corrected chi connectivity index (χ1v) is 9.16. The highest BCUT2D eigenvalue weighted by molar-refractivity contribution is 5.76. The minimum absolute atomic E-state index is 0.0282. The van der Waals surface area contributed by atoms with E-state index >= 15 is 0 Å². The maximum Gasteiger partial charge on any atom is 0.387 e. The Hall–Kier alpha value is -2.22. The Kier molecular flexibility index (Phi) is 7.97. The number of likely N-dealkylation sites (N-methyl/N-ethyl adjacent to an activating group) is 1. The molecule has 150 valence electrons. The molecule has 0 bridgehead atoms. The second-order valence-corrected chi connectivity index (χ2v) is 6.59. The second-order valence-electron chi connectivity index (χ2n) is 6.59. The van der Waals surface area contributed by atoms with Crippen LogP contribution in [0.2, 0.25) is 0 Å². The Morgan fingerprint density at radius 2 is 1.89 bits per heavy atom. The summed E-state index contributed by atoms with van der Waals surface area (Å²) in [6.07, 6.45) is 2.43. The fourth-order valence-corrected chi connectivity index (χ4v) is 3.40. The van der Waals surface area contributed by atoms with Crippen LogP contribution in [0.5, 0.6) is 5.75 Å². The average molecular weight is 384 g/mol. The van der Waals surface area contributed by atoms with Crippen LogP contribution >= 0.6 is 0 Å². The number of carbonyl (C=O) groups is 2. The predicted molar refractivity (Wildman–Crippen MR) is 95.9 cm³/mol. The maximum absolute atomic E-state index is 12.4. The third kappa shape index (κ3) is 6.78. The first-order valence-electron chi connectivity index (χ1n) is 9.16. The molecule has 1 aromatic rings. The third-order valence-corrected chi connectivity index (χ3v) is 4.85. The summed E-state index contributed by atoms with van der Waals surface area (Å²) in [5.41, 5.74) is 0.887. The van der Waals surface area contributed by atoms with Crippen molar-refractivity contribution in [2.75, 3.05) is 26.2 Å². The van der Waals surface area contributed by atoms with E-state index in [1.54, 1.807) is 12.1 Å². The number of benzene rings is 1. The number of carbonyl (C=O) groups excluding carboxylic acids is 1. The number of carboxylic acid groups (broad SMARTS) is 1. The minimum atomic E-state index is -2.85. The van der Waals surface area contributed by atoms with Gasteiger partial charge in [0.05, 0.1) is 6.54 Å². The van der Waals surface area contributed by atoms with Gasteiger partial charge >= 0.3 is 12.6 Å². The summed E-state index contributed by atoms with van der Waals surface area (Å²) < 4.78 is 28.6. The summed E-state index contributed by atoms with van der Waals surface area (Å²) in [5, 5.41) is 8.97. The normalized spacial score (nSPS) is 15.4. The highest BCUT2D eigenvalue weighted by atomic mass is 19.3. The smallest absolute Gasteiger partial charge is 0.387 e. The Balaban J connectivity index is 1.76. The van der Waals surface area contributed by atoms with Crippen LogP contribution in [0.1, 0.15) is 31.7 Å². The van der Waals surface area contributed by atoms with Crippen LogP contribution in [0, 0.1) is 0 Å². The summed E-state index contributed by atoms with van der Waals surface area (Å²) in [6, 6.07) is 6.50. The number of halogens is 2. The first kappa shape index (κ1) is 21.1. The molecule has 0 spiro atoms. The summed E-state index contributed by atoms with van der Waals surface area (Å²) in [6.45, 7) is 1.05. The zero-order valence-electron chi connectivity index (χ0n) is 15.4. The molecule has 1 fully saturated rings. The van der Waals surface area contributed by atoms with E-state index in [1.807, 2.05) is 16.7 Å². The van der Waals surface area contributed by atoms with Gasteiger partial charge in [-0.15, -0.1) is 0 Å². The van der Waals surface area contributed by atoms with Gasteiger partial charge in [0, 0.05) is 25.6 Å². The average Bonchev–Trinajstić information content (AvgIpc) is 2.65. The van der Waals surface area contributed by atoms with Crippen molar-refractivity contribution in [2.24, 2.45) is 0 Å². The number of ether oxygens (including phenoxy) is 1. The number of rotatable bonds is 9. The van der Waals surface area contributed by atoms with E-state index in [9.17, 15) is 18.4 Å². The van der Waals surface area contributed by atoms with E-state index in [0.29, 0.717) is 32.5 Å². The van der Waals surface area contributed by atoms with E-state index in [4.69, 9.17) is 5.11 Å². The third-order valence-electron chi connectivity index (χ3n) is 4.85. The van der Waals surface area contributed by atoms with Gasteiger partial charge in [-0.3, -0.25) is 14.5 Å². The quantitative estimate of drug-likeness (QED) is 0.709. The second kappa shape index (κ2) is 10.2. The molecule has 0 unspecified atom stereocenters. The van der Waals surface area contributed by atoms with Gasteiger partial charge in [0.2, 0.25) is 5.91 Å². The summed E-state index contributed by atoms with van der Waals surface area (Å²) >= 11 is 0. The van der Waals surface area contributed by atoms with Gasteiger partial charge in [-0.2, -0.15) is 8.78 Å². The molecule has 8 heteroatoms. The fraction of sp³-hybridized carbons (Fsp3) is 0.579. The number of aliphatic carboxylic acids is 1. The lowest BCUT2D eigenvalue weighted by Crippen LogP contribution is -2.48. The monoisotopic (exact) mass is 384 g/mol. The van der Waals surface area contributed by atoms with Gasteiger partial charge in [0.25, 0.3) is 0 Å².